The fourth-order valence-corrected chi connectivity index (χ4v) is 3.02. The predicted molar refractivity (Wildman–Crippen MR) is 88.1 cm³/mol. The molecular formula is C16H20N2O2S. The van der Waals surface area contributed by atoms with Gasteiger partial charge in [-0.1, -0.05) is 6.07 Å². The lowest BCUT2D eigenvalue weighted by molar-refractivity contribution is 0.0945. The summed E-state index contributed by atoms with van der Waals surface area (Å²) in [6.07, 6.45) is 0. The van der Waals surface area contributed by atoms with Crippen LogP contribution in [-0.4, -0.2) is 19.1 Å². The first-order valence-corrected chi connectivity index (χ1v) is 7.64. The number of methoxy groups -OCH3 is 1. The van der Waals surface area contributed by atoms with Gasteiger partial charge in [0.25, 0.3) is 5.91 Å². The molecule has 4 nitrogen and oxygen atoms in total. The van der Waals surface area contributed by atoms with Crippen LogP contribution in [0.5, 0.6) is 5.75 Å². The molecule has 0 spiro atoms. The Kier molecular flexibility index (Phi) is 4.53. The van der Waals surface area contributed by atoms with Gasteiger partial charge in [0.2, 0.25) is 0 Å². The van der Waals surface area contributed by atoms with E-state index in [1.54, 1.807) is 7.11 Å². The third-order valence-corrected chi connectivity index (χ3v) is 3.98. The third-order valence-electron chi connectivity index (χ3n) is 3.17. The second-order valence-corrected chi connectivity index (χ2v) is 6.11. The van der Waals surface area contributed by atoms with Gasteiger partial charge in [-0.05, 0) is 44.0 Å². The lowest BCUT2D eigenvalue weighted by atomic mass is 10.0. The summed E-state index contributed by atoms with van der Waals surface area (Å²) in [7, 11) is 1.64. The van der Waals surface area contributed by atoms with Crippen molar-refractivity contribution in [3.63, 3.8) is 0 Å². The van der Waals surface area contributed by atoms with E-state index >= 15 is 0 Å². The number of aryl methyl sites for hydroxylation is 1. The van der Waals surface area contributed by atoms with Crippen LogP contribution >= 0.6 is 11.3 Å². The summed E-state index contributed by atoms with van der Waals surface area (Å²) in [4.78, 5) is 12.3. The van der Waals surface area contributed by atoms with Crippen molar-refractivity contribution in [2.45, 2.75) is 26.8 Å². The number of rotatable bonds is 4. The van der Waals surface area contributed by atoms with E-state index in [1.165, 1.54) is 11.3 Å². The minimum absolute atomic E-state index is 0.0715. The number of amides is 1. The Hall–Kier alpha value is -2.01. The van der Waals surface area contributed by atoms with E-state index in [0.29, 0.717) is 10.6 Å². The van der Waals surface area contributed by atoms with Gasteiger partial charge in [-0.3, -0.25) is 4.79 Å². The van der Waals surface area contributed by atoms with Crippen LogP contribution in [0.15, 0.2) is 23.6 Å². The van der Waals surface area contributed by atoms with Gasteiger partial charge in [-0.2, -0.15) is 0 Å². The number of benzene rings is 1. The van der Waals surface area contributed by atoms with Crippen LogP contribution < -0.4 is 15.8 Å². The molecule has 1 amide bonds. The summed E-state index contributed by atoms with van der Waals surface area (Å²) >= 11 is 1.38. The van der Waals surface area contributed by atoms with E-state index in [-0.39, 0.29) is 11.9 Å². The molecule has 1 aromatic carbocycles. The van der Waals surface area contributed by atoms with Crippen molar-refractivity contribution in [3.05, 3.63) is 34.7 Å². The molecule has 2 rings (SSSR count). The smallest absolute Gasteiger partial charge is 0.255 e. The van der Waals surface area contributed by atoms with E-state index in [4.69, 9.17) is 10.5 Å². The topological polar surface area (TPSA) is 64.3 Å². The number of nitrogens with one attached hydrogen (secondary N) is 1. The first kappa shape index (κ1) is 15.4. The Balaban J connectivity index is 2.45. The molecule has 0 aliphatic rings. The summed E-state index contributed by atoms with van der Waals surface area (Å²) in [5.74, 6) is 0.697. The maximum atomic E-state index is 12.3. The Morgan fingerprint density at radius 2 is 2.10 bits per heavy atom. The van der Waals surface area contributed by atoms with Crippen LogP contribution in [0.1, 0.15) is 29.8 Å². The molecule has 3 N–H and O–H groups in total. The summed E-state index contributed by atoms with van der Waals surface area (Å²) in [6.45, 7) is 5.83. The van der Waals surface area contributed by atoms with Crippen LogP contribution in [0.2, 0.25) is 0 Å². The summed E-state index contributed by atoms with van der Waals surface area (Å²) in [6, 6.07) is 5.93. The molecule has 0 atom stereocenters. The van der Waals surface area contributed by atoms with Crippen LogP contribution in [0.4, 0.5) is 5.00 Å². The monoisotopic (exact) mass is 304 g/mol. The molecule has 21 heavy (non-hydrogen) atoms. The SMILES string of the molecule is COc1ccc(-c2csc(N)c2C(=O)NC(C)C)cc1C. The summed E-state index contributed by atoms with van der Waals surface area (Å²) in [5.41, 5.74) is 9.39. The van der Waals surface area contributed by atoms with Crippen LogP contribution in [0.3, 0.4) is 0 Å². The van der Waals surface area contributed by atoms with Gasteiger partial charge >= 0.3 is 0 Å². The first-order valence-electron chi connectivity index (χ1n) is 6.77. The number of thiophene rings is 1. The average molecular weight is 304 g/mol. The molecular weight excluding hydrogens is 284 g/mol. The Labute approximate surface area is 128 Å². The van der Waals surface area contributed by atoms with E-state index in [9.17, 15) is 4.79 Å². The number of nitrogen functional groups attached to an aromatic ring is 1. The van der Waals surface area contributed by atoms with Gasteiger partial charge in [0.15, 0.2) is 0 Å². The summed E-state index contributed by atoms with van der Waals surface area (Å²) in [5, 5.41) is 5.36. The lowest BCUT2D eigenvalue weighted by Crippen LogP contribution is -2.30. The molecule has 2 aromatic rings. The zero-order valence-corrected chi connectivity index (χ0v) is 13.5. The van der Waals surface area contributed by atoms with Gasteiger partial charge in [0.1, 0.15) is 5.75 Å². The fourth-order valence-electron chi connectivity index (χ4n) is 2.20. The number of anilines is 1. The molecule has 1 heterocycles. The van der Waals surface area contributed by atoms with Crippen LogP contribution in [0.25, 0.3) is 11.1 Å². The highest BCUT2D eigenvalue weighted by atomic mass is 32.1. The molecule has 0 fully saturated rings. The van der Waals surface area contributed by atoms with Crippen molar-refractivity contribution in [2.24, 2.45) is 0 Å². The Bertz CT molecular complexity index is 662. The zero-order valence-electron chi connectivity index (χ0n) is 12.7. The third kappa shape index (κ3) is 3.19. The van der Waals surface area contributed by atoms with Crippen molar-refractivity contribution in [1.29, 1.82) is 0 Å². The number of carbonyl (C=O) groups excluding carboxylic acids is 1. The van der Waals surface area contributed by atoms with Crippen molar-refractivity contribution in [2.75, 3.05) is 12.8 Å². The van der Waals surface area contributed by atoms with Crippen molar-refractivity contribution in [1.82, 2.24) is 5.32 Å². The largest absolute Gasteiger partial charge is 0.496 e. The van der Waals surface area contributed by atoms with Gasteiger partial charge in [-0.15, -0.1) is 11.3 Å². The van der Waals surface area contributed by atoms with Gasteiger partial charge in [0.05, 0.1) is 17.7 Å². The average Bonchev–Trinajstić information content (AvgIpc) is 2.79. The molecule has 0 saturated heterocycles. The summed E-state index contributed by atoms with van der Waals surface area (Å²) < 4.78 is 5.27. The maximum Gasteiger partial charge on any atom is 0.255 e. The molecule has 0 radical (unpaired) electrons. The van der Waals surface area contributed by atoms with Gasteiger partial charge in [0, 0.05) is 17.0 Å². The number of nitrogens with two attached hydrogens (primary N) is 1. The number of hydrogen-bond donors (Lipinski definition) is 2. The Morgan fingerprint density at radius 1 is 1.38 bits per heavy atom. The Morgan fingerprint density at radius 3 is 2.67 bits per heavy atom. The second-order valence-electron chi connectivity index (χ2n) is 5.20. The van der Waals surface area contributed by atoms with Crippen LogP contribution in [0, 0.1) is 6.92 Å². The van der Waals surface area contributed by atoms with E-state index in [1.807, 2.05) is 44.4 Å². The highest BCUT2D eigenvalue weighted by Gasteiger charge is 2.19. The standard InChI is InChI=1S/C16H20N2O2S/c1-9(2)18-16(19)14-12(8-21-15(14)17)11-5-6-13(20-4)10(3)7-11/h5-9H,17H2,1-4H3,(H,18,19). The molecule has 0 aliphatic heterocycles. The number of ether oxygens (including phenoxy) is 1. The number of hydrogen-bond acceptors (Lipinski definition) is 4. The molecule has 1 aromatic heterocycles. The molecule has 0 unspecified atom stereocenters. The molecule has 0 bridgehead atoms. The van der Waals surface area contributed by atoms with Crippen molar-refractivity contribution < 1.29 is 9.53 Å². The number of carbonyl (C=O) groups is 1. The van der Waals surface area contributed by atoms with E-state index in [0.717, 1.165) is 22.4 Å². The molecule has 5 heteroatoms. The van der Waals surface area contributed by atoms with Crippen molar-refractivity contribution >= 4 is 22.2 Å². The first-order chi connectivity index (χ1) is 9.93. The minimum Gasteiger partial charge on any atom is -0.496 e. The molecule has 112 valence electrons. The van der Waals surface area contributed by atoms with Crippen LogP contribution in [-0.2, 0) is 0 Å². The maximum absolute atomic E-state index is 12.3. The van der Waals surface area contributed by atoms with Gasteiger partial charge in [-0.25, -0.2) is 0 Å². The second kappa shape index (κ2) is 6.18. The molecule has 0 aliphatic carbocycles. The highest BCUT2D eigenvalue weighted by Crippen LogP contribution is 2.35. The van der Waals surface area contributed by atoms with Crippen molar-refractivity contribution in [3.8, 4) is 16.9 Å². The highest BCUT2D eigenvalue weighted by molar-refractivity contribution is 7.15. The van der Waals surface area contributed by atoms with E-state index < -0.39 is 0 Å². The normalized spacial score (nSPS) is 10.7. The minimum atomic E-state index is -0.132. The predicted octanol–water partition coefficient (Wildman–Crippen LogP) is 3.45. The zero-order chi connectivity index (χ0) is 15.6. The van der Waals surface area contributed by atoms with Gasteiger partial charge < -0.3 is 15.8 Å². The fraction of sp³-hybridized carbons (Fsp3) is 0.312. The molecule has 0 saturated carbocycles. The quantitative estimate of drug-likeness (QED) is 0.909. The lowest BCUT2D eigenvalue weighted by Gasteiger charge is -2.11. The van der Waals surface area contributed by atoms with E-state index in [2.05, 4.69) is 5.32 Å².